The van der Waals surface area contributed by atoms with Crippen LogP contribution in [-0.2, 0) is 36.9 Å². The van der Waals surface area contributed by atoms with E-state index in [1.165, 1.54) is 52.3 Å². The van der Waals surface area contributed by atoms with Gasteiger partial charge in [-0.25, -0.2) is 9.59 Å². The number of nitrogens with one attached hydrogen (secondary N) is 1. The molecule has 3 atom stereocenters. The van der Waals surface area contributed by atoms with Crippen LogP contribution in [0.3, 0.4) is 0 Å². The Kier molecular flexibility index (Phi) is 6.59. The van der Waals surface area contributed by atoms with Crippen molar-refractivity contribution in [2.75, 3.05) is 5.75 Å². The Labute approximate surface area is 195 Å². The van der Waals surface area contributed by atoms with E-state index in [1.54, 1.807) is 5.94 Å². The normalized spacial score (nSPS) is 21.5. The van der Waals surface area contributed by atoms with E-state index < -0.39 is 34.3 Å². The zero-order valence-electron chi connectivity index (χ0n) is 17.0. The summed E-state index contributed by atoms with van der Waals surface area (Å²) >= 11 is 2.71. The van der Waals surface area contributed by atoms with Crippen LogP contribution in [0.5, 0.6) is 0 Å². The zero-order valence-corrected chi connectivity index (χ0v) is 18.6. The molecule has 12 heteroatoms. The number of esters is 1. The minimum absolute atomic E-state index is 0.0849. The molecule has 2 aliphatic rings. The van der Waals surface area contributed by atoms with E-state index in [9.17, 15) is 29.3 Å². The number of rotatable bonds is 7. The van der Waals surface area contributed by atoms with Gasteiger partial charge in [-0.15, -0.1) is 23.1 Å². The fraction of sp³-hybridized carbons (Fsp3) is 0.286. The van der Waals surface area contributed by atoms with Crippen molar-refractivity contribution in [1.82, 2.24) is 10.2 Å². The molecule has 4 rings (SSSR count). The molecule has 0 spiro atoms. The molecule has 2 amide bonds. The van der Waals surface area contributed by atoms with Crippen molar-refractivity contribution in [3.8, 4) is 0 Å². The monoisotopic (exact) mass is 487 g/mol. The van der Waals surface area contributed by atoms with Gasteiger partial charge in [0.25, 0.3) is 5.69 Å². The Balaban J connectivity index is 1.40. The lowest BCUT2D eigenvalue weighted by Gasteiger charge is -2.52. The highest BCUT2D eigenvalue weighted by atomic mass is 32.2. The Bertz CT molecular complexity index is 1140. The van der Waals surface area contributed by atoms with Crippen LogP contribution >= 0.6 is 23.1 Å². The van der Waals surface area contributed by atoms with Crippen molar-refractivity contribution in [1.29, 1.82) is 0 Å². The Hall–Kier alpha value is -3.47. The Morgan fingerprint density at radius 2 is 2.03 bits per heavy atom. The number of hydrogen-bond acceptors (Lipinski definition) is 9. The summed E-state index contributed by atoms with van der Waals surface area (Å²) in [6.45, 7) is -0.180. The highest BCUT2D eigenvalue weighted by Gasteiger charge is 2.57. The number of nitro benzene ring substituents is 1. The first-order valence-corrected chi connectivity index (χ1v) is 11.7. The molecule has 1 N–H and O–H groups in total. The second-order valence-electron chi connectivity index (χ2n) is 7.31. The summed E-state index contributed by atoms with van der Waals surface area (Å²) in [4.78, 5) is 61.6. The number of benzene rings is 1. The molecule has 10 nitrogen and oxygen atoms in total. The molecule has 1 aromatic carbocycles. The van der Waals surface area contributed by atoms with Crippen LogP contribution in [0.15, 0.2) is 47.4 Å². The topological polar surface area (TPSA) is 136 Å². The largest absolute Gasteiger partial charge is 0.459 e. The number of ether oxygens (including phenoxy) is 1. The minimum Gasteiger partial charge on any atom is -0.459 e. The SMILES string of the molecule is O=C=C1CS[C@@H]2C(NC(=O)Cc3cccs3)C(=O)N2C1C(=O)OCc1ccc([N+](=O)[O-])cc1. The molecular weight excluding hydrogens is 470 g/mol. The van der Waals surface area contributed by atoms with Crippen molar-refractivity contribution in [3.05, 3.63) is 67.9 Å². The van der Waals surface area contributed by atoms with Crippen LogP contribution in [0.25, 0.3) is 0 Å². The first-order chi connectivity index (χ1) is 15.9. The highest BCUT2D eigenvalue weighted by Crippen LogP contribution is 2.40. The van der Waals surface area contributed by atoms with E-state index in [4.69, 9.17) is 4.74 Å². The Morgan fingerprint density at radius 1 is 1.27 bits per heavy atom. The maximum absolute atomic E-state index is 12.8. The fourth-order valence-corrected chi connectivity index (χ4v) is 5.61. The van der Waals surface area contributed by atoms with Crippen molar-refractivity contribution >= 4 is 52.5 Å². The van der Waals surface area contributed by atoms with E-state index in [-0.39, 0.29) is 35.9 Å². The fourth-order valence-electron chi connectivity index (χ4n) is 3.58. The van der Waals surface area contributed by atoms with Gasteiger partial charge >= 0.3 is 5.97 Å². The number of nitro groups is 1. The van der Waals surface area contributed by atoms with Crippen LogP contribution in [0.4, 0.5) is 5.69 Å². The second-order valence-corrected chi connectivity index (χ2v) is 9.45. The van der Waals surface area contributed by atoms with Gasteiger partial charge in [-0.2, -0.15) is 0 Å². The molecule has 2 saturated heterocycles. The molecule has 0 bridgehead atoms. The Morgan fingerprint density at radius 3 is 2.67 bits per heavy atom. The predicted octanol–water partition coefficient (Wildman–Crippen LogP) is 1.47. The summed E-state index contributed by atoms with van der Waals surface area (Å²) in [5.74, 6) is 0.334. The zero-order chi connectivity index (χ0) is 23.5. The summed E-state index contributed by atoms with van der Waals surface area (Å²) in [7, 11) is 0. The lowest BCUT2D eigenvalue weighted by Crippen LogP contribution is -2.74. The van der Waals surface area contributed by atoms with Crippen molar-refractivity contribution < 1.29 is 28.8 Å². The first-order valence-electron chi connectivity index (χ1n) is 9.78. The smallest absolute Gasteiger partial charge is 0.334 e. The van der Waals surface area contributed by atoms with E-state index in [1.807, 2.05) is 17.5 Å². The van der Waals surface area contributed by atoms with Gasteiger partial charge in [-0.1, -0.05) is 6.07 Å². The van der Waals surface area contributed by atoms with E-state index >= 15 is 0 Å². The number of thiophene rings is 1. The van der Waals surface area contributed by atoms with E-state index in [0.29, 0.717) is 5.56 Å². The van der Waals surface area contributed by atoms with Crippen LogP contribution in [0.2, 0.25) is 0 Å². The summed E-state index contributed by atoms with van der Waals surface area (Å²) in [6, 6.07) is 7.13. The minimum atomic E-state index is -1.22. The van der Waals surface area contributed by atoms with Gasteiger partial charge < -0.3 is 15.0 Å². The lowest BCUT2D eigenvalue weighted by molar-refractivity contribution is -0.384. The van der Waals surface area contributed by atoms with Crippen LogP contribution in [0.1, 0.15) is 10.4 Å². The quantitative estimate of drug-likeness (QED) is 0.204. The molecule has 170 valence electrons. The first kappa shape index (κ1) is 22.7. The molecule has 2 unspecified atom stereocenters. The molecule has 3 heterocycles. The van der Waals surface area contributed by atoms with Crippen molar-refractivity contribution in [2.45, 2.75) is 30.5 Å². The molecule has 33 heavy (non-hydrogen) atoms. The molecule has 0 saturated carbocycles. The van der Waals surface area contributed by atoms with Crippen LogP contribution < -0.4 is 5.32 Å². The van der Waals surface area contributed by atoms with Crippen LogP contribution in [-0.4, -0.2) is 56.8 Å². The molecule has 0 radical (unpaired) electrons. The van der Waals surface area contributed by atoms with Gasteiger partial charge in [0.2, 0.25) is 11.8 Å². The second kappa shape index (κ2) is 9.57. The third kappa shape index (κ3) is 4.68. The van der Waals surface area contributed by atoms with E-state index in [0.717, 1.165) is 4.88 Å². The van der Waals surface area contributed by atoms with Gasteiger partial charge in [0.05, 0.1) is 16.9 Å². The van der Waals surface area contributed by atoms with E-state index in [2.05, 4.69) is 5.32 Å². The molecule has 0 aliphatic carbocycles. The average Bonchev–Trinajstić information content (AvgIpc) is 3.33. The number of non-ortho nitro benzene ring substituents is 1. The third-order valence-corrected chi connectivity index (χ3v) is 7.41. The maximum Gasteiger partial charge on any atom is 0.334 e. The summed E-state index contributed by atoms with van der Waals surface area (Å²) < 4.78 is 5.29. The molecule has 2 aliphatic heterocycles. The highest BCUT2D eigenvalue weighted by molar-refractivity contribution is 8.00. The molecule has 2 fully saturated rings. The number of thioether (sulfide) groups is 1. The molecule has 1 aromatic heterocycles. The van der Waals surface area contributed by atoms with Gasteiger partial charge in [-0.3, -0.25) is 19.7 Å². The predicted molar refractivity (Wildman–Crippen MR) is 119 cm³/mol. The summed E-state index contributed by atoms with van der Waals surface area (Å²) in [5.41, 5.74) is 0.504. The number of fused-ring (bicyclic) bond motifs is 1. The average molecular weight is 488 g/mol. The third-order valence-electron chi connectivity index (χ3n) is 5.21. The van der Waals surface area contributed by atoms with Crippen molar-refractivity contribution in [2.24, 2.45) is 0 Å². The maximum atomic E-state index is 12.8. The molecule has 2 aromatic rings. The standard InChI is InChI=1S/C21H17N3O7S2/c25-9-13-11-33-20-17(22-16(26)8-15-2-1-7-32-15)19(27)23(20)18(13)21(28)31-10-12-3-5-14(6-4-12)24(29)30/h1-7,17-18,20H,8,10-11H2,(H,22,26)/t17?,18?,20-/m1/s1. The number of β-lactam (4-membered cyclic amide) rings is 1. The number of carbonyl (C=O) groups excluding carboxylic acids is 4. The summed E-state index contributed by atoms with van der Waals surface area (Å²) in [6.07, 6.45) is 0.152. The molecular formula is C21H17N3O7S2. The lowest BCUT2D eigenvalue weighted by atomic mass is 9.98. The number of hydrogen-bond donors (Lipinski definition) is 1. The summed E-state index contributed by atoms with van der Waals surface area (Å²) in [5, 5.41) is 14.8. The van der Waals surface area contributed by atoms with Gasteiger partial charge in [-0.05, 0) is 29.1 Å². The number of amides is 2. The van der Waals surface area contributed by atoms with Crippen molar-refractivity contribution in [3.63, 3.8) is 0 Å². The number of nitrogens with zero attached hydrogens (tertiary/aromatic N) is 2. The van der Waals surface area contributed by atoms with Gasteiger partial charge in [0.1, 0.15) is 24.0 Å². The van der Waals surface area contributed by atoms with Gasteiger partial charge in [0.15, 0.2) is 6.04 Å². The van der Waals surface area contributed by atoms with Crippen LogP contribution in [0, 0.1) is 10.1 Å². The van der Waals surface area contributed by atoms with Gasteiger partial charge in [0, 0.05) is 22.8 Å². The number of carbonyl (C=O) groups is 3.